The van der Waals surface area contributed by atoms with Crippen LogP contribution in [0.15, 0.2) is 18.2 Å². The lowest BCUT2D eigenvalue weighted by Gasteiger charge is -2.31. The standard InChI is InChI=1S/C10H11IN2O/c11-8-3-2-7(6-9(8)12)10(14)13-4-1-5-13/h2-3,6H,1,4-5,12H2. The van der Waals surface area contributed by atoms with Gasteiger partial charge >= 0.3 is 0 Å². The number of nitrogen functional groups attached to an aromatic ring is 1. The first-order valence-corrected chi connectivity index (χ1v) is 5.60. The van der Waals surface area contributed by atoms with E-state index in [-0.39, 0.29) is 5.91 Å². The van der Waals surface area contributed by atoms with Crippen LogP contribution in [0.3, 0.4) is 0 Å². The van der Waals surface area contributed by atoms with Crippen molar-refractivity contribution in [3.05, 3.63) is 27.3 Å². The van der Waals surface area contributed by atoms with Crippen LogP contribution in [0, 0.1) is 3.57 Å². The molecule has 1 aliphatic heterocycles. The van der Waals surface area contributed by atoms with Crippen LogP contribution >= 0.6 is 22.6 Å². The number of benzene rings is 1. The summed E-state index contributed by atoms with van der Waals surface area (Å²) >= 11 is 2.16. The van der Waals surface area contributed by atoms with Gasteiger partial charge in [-0.15, -0.1) is 0 Å². The fraction of sp³-hybridized carbons (Fsp3) is 0.300. The minimum absolute atomic E-state index is 0.0966. The number of rotatable bonds is 1. The highest BCUT2D eigenvalue weighted by Crippen LogP contribution is 2.19. The predicted molar refractivity (Wildman–Crippen MR) is 64.1 cm³/mol. The summed E-state index contributed by atoms with van der Waals surface area (Å²) in [7, 11) is 0. The second kappa shape index (κ2) is 3.76. The van der Waals surface area contributed by atoms with E-state index in [4.69, 9.17) is 5.73 Å². The zero-order valence-electron chi connectivity index (χ0n) is 7.66. The fourth-order valence-corrected chi connectivity index (χ4v) is 1.71. The summed E-state index contributed by atoms with van der Waals surface area (Å²) in [6.45, 7) is 1.76. The monoisotopic (exact) mass is 302 g/mol. The van der Waals surface area contributed by atoms with Gasteiger partial charge in [-0.2, -0.15) is 0 Å². The van der Waals surface area contributed by atoms with Crippen LogP contribution in [0.4, 0.5) is 5.69 Å². The summed E-state index contributed by atoms with van der Waals surface area (Å²) in [6, 6.07) is 5.46. The number of carbonyl (C=O) groups excluding carboxylic acids is 1. The summed E-state index contributed by atoms with van der Waals surface area (Å²) in [5.41, 5.74) is 7.11. The van der Waals surface area contributed by atoms with E-state index in [0.29, 0.717) is 11.3 Å². The first-order valence-electron chi connectivity index (χ1n) is 4.53. The van der Waals surface area contributed by atoms with Crippen molar-refractivity contribution in [2.45, 2.75) is 6.42 Å². The van der Waals surface area contributed by atoms with E-state index in [1.807, 2.05) is 17.0 Å². The van der Waals surface area contributed by atoms with Crippen molar-refractivity contribution < 1.29 is 4.79 Å². The summed E-state index contributed by atoms with van der Waals surface area (Å²) in [5.74, 6) is 0.0966. The van der Waals surface area contributed by atoms with Crippen molar-refractivity contribution in [1.29, 1.82) is 0 Å². The molecular weight excluding hydrogens is 291 g/mol. The highest BCUT2D eigenvalue weighted by atomic mass is 127. The maximum Gasteiger partial charge on any atom is 0.253 e. The molecule has 1 aromatic carbocycles. The molecule has 4 heteroatoms. The van der Waals surface area contributed by atoms with E-state index in [2.05, 4.69) is 22.6 Å². The van der Waals surface area contributed by atoms with Crippen molar-refractivity contribution in [2.75, 3.05) is 18.8 Å². The lowest BCUT2D eigenvalue weighted by atomic mass is 10.1. The summed E-state index contributed by atoms with van der Waals surface area (Å²) in [5, 5.41) is 0. The Bertz CT molecular complexity index is 374. The summed E-state index contributed by atoms with van der Waals surface area (Å²) in [6.07, 6.45) is 1.12. The Labute approximate surface area is 96.4 Å². The number of amides is 1. The number of hydrogen-bond donors (Lipinski definition) is 1. The van der Waals surface area contributed by atoms with Crippen molar-refractivity contribution >= 4 is 34.2 Å². The van der Waals surface area contributed by atoms with Crippen molar-refractivity contribution in [2.24, 2.45) is 0 Å². The molecule has 0 spiro atoms. The van der Waals surface area contributed by atoms with Crippen molar-refractivity contribution in [3.63, 3.8) is 0 Å². The topological polar surface area (TPSA) is 46.3 Å². The molecule has 3 nitrogen and oxygen atoms in total. The van der Waals surface area contributed by atoms with Gasteiger partial charge in [0, 0.05) is 27.9 Å². The average molecular weight is 302 g/mol. The Morgan fingerprint density at radius 2 is 2.14 bits per heavy atom. The SMILES string of the molecule is Nc1cc(C(=O)N2CCC2)ccc1I. The molecule has 1 fully saturated rings. The fourth-order valence-electron chi connectivity index (χ4n) is 1.38. The highest BCUT2D eigenvalue weighted by Gasteiger charge is 2.21. The first kappa shape index (κ1) is 9.76. The number of anilines is 1. The van der Waals surface area contributed by atoms with Gasteiger partial charge in [0.2, 0.25) is 0 Å². The molecule has 2 N–H and O–H groups in total. The normalized spacial score (nSPS) is 15.1. The number of likely N-dealkylation sites (tertiary alicyclic amines) is 1. The van der Waals surface area contributed by atoms with Crippen LogP contribution in [0.1, 0.15) is 16.8 Å². The van der Waals surface area contributed by atoms with Crippen molar-refractivity contribution in [1.82, 2.24) is 4.90 Å². The second-order valence-electron chi connectivity index (χ2n) is 3.38. The molecule has 0 aliphatic carbocycles. The highest BCUT2D eigenvalue weighted by molar-refractivity contribution is 14.1. The molecule has 0 unspecified atom stereocenters. The predicted octanol–water partition coefficient (Wildman–Crippen LogP) is 1.72. The number of halogens is 1. The maximum atomic E-state index is 11.8. The molecule has 1 aromatic rings. The molecule has 1 saturated heterocycles. The molecule has 1 heterocycles. The average Bonchev–Trinajstić information content (AvgIpc) is 2.06. The van der Waals surface area contributed by atoms with Crippen LogP contribution in [-0.2, 0) is 0 Å². The van der Waals surface area contributed by atoms with E-state index in [1.54, 1.807) is 6.07 Å². The van der Waals surface area contributed by atoms with Gasteiger partial charge in [0.25, 0.3) is 5.91 Å². The number of nitrogens with two attached hydrogens (primary N) is 1. The Kier molecular flexibility index (Phi) is 2.62. The molecule has 14 heavy (non-hydrogen) atoms. The van der Waals surface area contributed by atoms with Crippen molar-refractivity contribution in [3.8, 4) is 0 Å². The van der Waals surface area contributed by atoms with Gasteiger partial charge in [0.05, 0.1) is 0 Å². The Morgan fingerprint density at radius 1 is 1.43 bits per heavy atom. The van der Waals surface area contributed by atoms with Crippen LogP contribution in [0.5, 0.6) is 0 Å². The second-order valence-corrected chi connectivity index (χ2v) is 4.54. The van der Waals surface area contributed by atoms with Gasteiger partial charge in [0.15, 0.2) is 0 Å². The summed E-state index contributed by atoms with van der Waals surface area (Å²) in [4.78, 5) is 13.6. The maximum absolute atomic E-state index is 11.8. The lowest BCUT2D eigenvalue weighted by molar-refractivity contribution is 0.0652. The zero-order valence-corrected chi connectivity index (χ0v) is 9.82. The third-order valence-corrected chi connectivity index (χ3v) is 3.37. The van der Waals surface area contributed by atoms with E-state index in [1.165, 1.54) is 0 Å². The first-order chi connectivity index (χ1) is 6.68. The van der Waals surface area contributed by atoms with E-state index >= 15 is 0 Å². The molecular formula is C10H11IN2O. The molecule has 0 aromatic heterocycles. The zero-order chi connectivity index (χ0) is 10.1. The van der Waals surface area contributed by atoms with Crippen LogP contribution in [0.2, 0.25) is 0 Å². The smallest absolute Gasteiger partial charge is 0.253 e. The molecule has 2 rings (SSSR count). The third kappa shape index (κ3) is 1.70. The number of carbonyl (C=O) groups is 1. The van der Waals surface area contributed by atoms with Gasteiger partial charge in [0.1, 0.15) is 0 Å². The Hall–Kier alpha value is -0.780. The molecule has 0 bridgehead atoms. The van der Waals surface area contributed by atoms with E-state index in [0.717, 1.165) is 23.1 Å². The van der Waals surface area contributed by atoms with Crippen LogP contribution < -0.4 is 5.73 Å². The molecule has 1 amide bonds. The third-order valence-electron chi connectivity index (χ3n) is 2.39. The minimum Gasteiger partial charge on any atom is -0.398 e. The Balaban J connectivity index is 2.23. The number of nitrogens with zero attached hydrogens (tertiary/aromatic N) is 1. The van der Waals surface area contributed by atoms with Gasteiger partial charge < -0.3 is 10.6 Å². The summed E-state index contributed by atoms with van der Waals surface area (Å²) < 4.78 is 0.989. The molecule has 0 radical (unpaired) electrons. The van der Waals surface area contributed by atoms with Crippen LogP contribution in [0.25, 0.3) is 0 Å². The lowest BCUT2D eigenvalue weighted by Crippen LogP contribution is -2.42. The number of hydrogen-bond acceptors (Lipinski definition) is 2. The molecule has 74 valence electrons. The minimum atomic E-state index is 0.0966. The molecule has 0 saturated carbocycles. The largest absolute Gasteiger partial charge is 0.398 e. The molecule has 0 atom stereocenters. The van der Waals surface area contributed by atoms with Gasteiger partial charge in [-0.25, -0.2) is 0 Å². The van der Waals surface area contributed by atoms with E-state index < -0.39 is 0 Å². The Morgan fingerprint density at radius 3 is 2.64 bits per heavy atom. The van der Waals surface area contributed by atoms with E-state index in [9.17, 15) is 4.79 Å². The van der Waals surface area contributed by atoms with Gasteiger partial charge in [-0.3, -0.25) is 4.79 Å². The van der Waals surface area contributed by atoms with Gasteiger partial charge in [-0.1, -0.05) is 0 Å². The molecule has 1 aliphatic rings. The quantitative estimate of drug-likeness (QED) is 0.634. The van der Waals surface area contributed by atoms with Gasteiger partial charge in [-0.05, 0) is 47.2 Å². The van der Waals surface area contributed by atoms with Crippen LogP contribution in [-0.4, -0.2) is 23.9 Å².